The largest absolute Gasteiger partial charge is 0.378 e. The van der Waals surface area contributed by atoms with E-state index in [1.54, 1.807) is 35.2 Å². The van der Waals surface area contributed by atoms with E-state index in [1.165, 1.54) is 23.9 Å². The third-order valence-corrected chi connectivity index (χ3v) is 7.38. The molecule has 2 aliphatic heterocycles. The van der Waals surface area contributed by atoms with Gasteiger partial charge in [-0.15, -0.1) is 11.8 Å². The zero-order valence-corrected chi connectivity index (χ0v) is 22.6. The molecule has 0 radical (unpaired) electrons. The third kappa shape index (κ3) is 6.25. The lowest BCUT2D eigenvalue weighted by atomic mass is 10.1. The molecule has 3 heterocycles. The van der Waals surface area contributed by atoms with Crippen molar-refractivity contribution < 1.29 is 23.5 Å². The molecule has 5 rings (SSSR count). The normalized spacial score (nSPS) is 15.8. The second-order valence-corrected chi connectivity index (χ2v) is 9.89. The SMILES string of the molecule is CSc1c(Cl)nc(-c2ccc(NC(=O)Nc3ccc(N4CCOCC4=O)cc3)cc2F)nc1N1CCOCC1. The van der Waals surface area contributed by atoms with Crippen LogP contribution in [0.15, 0.2) is 47.4 Å². The van der Waals surface area contributed by atoms with Crippen molar-refractivity contribution in [3.05, 3.63) is 53.4 Å². The van der Waals surface area contributed by atoms with Crippen LogP contribution in [0.25, 0.3) is 11.4 Å². The van der Waals surface area contributed by atoms with Gasteiger partial charge in [-0.05, 0) is 48.7 Å². The molecule has 0 saturated carbocycles. The maximum absolute atomic E-state index is 15.2. The molecule has 2 aromatic carbocycles. The van der Waals surface area contributed by atoms with Crippen molar-refractivity contribution in [3.63, 3.8) is 0 Å². The van der Waals surface area contributed by atoms with Crippen molar-refractivity contribution in [2.24, 2.45) is 0 Å². The summed E-state index contributed by atoms with van der Waals surface area (Å²) in [5.74, 6) is 0.0843. The van der Waals surface area contributed by atoms with E-state index in [4.69, 9.17) is 21.1 Å². The molecule has 0 bridgehead atoms. The first-order valence-corrected chi connectivity index (χ1v) is 13.8. The summed E-state index contributed by atoms with van der Waals surface area (Å²) in [6.07, 6.45) is 1.89. The number of hydrogen-bond acceptors (Lipinski definition) is 8. The number of amides is 3. The number of nitrogens with zero attached hydrogens (tertiary/aromatic N) is 4. The number of halogens is 2. The third-order valence-electron chi connectivity index (χ3n) is 6.21. The van der Waals surface area contributed by atoms with Crippen molar-refractivity contribution in [3.8, 4) is 11.4 Å². The minimum Gasteiger partial charge on any atom is -0.378 e. The van der Waals surface area contributed by atoms with E-state index in [-0.39, 0.29) is 34.7 Å². The number of benzene rings is 2. The number of ether oxygens (including phenoxy) is 2. The van der Waals surface area contributed by atoms with E-state index >= 15 is 4.39 Å². The first kappa shape index (κ1) is 27.1. The Hall–Kier alpha value is -3.45. The number of urea groups is 1. The molecule has 0 spiro atoms. The molecule has 2 fully saturated rings. The topological polar surface area (TPSA) is 109 Å². The molecule has 3 amide bonds. The van der Waals surface area contributed by atoms with Gasteiger partial charge in [-0.3, -0.25) is 4.79 Å². The number of rotatable bonds is 6. The van der Waals surface area contributed by atoms with Gasteiger partial charge in [0.15, 0.2) is 5.82 Å². The van der Waals surface area contributed by atoms with Crippen molar-refractivity contribution in [1.29, 1.82) is 0 Å². The van der Waals surface area contributed by atoms with Gasteiger partial charge in [-0.1, -0.05) is 11.6 Å². The molecule has 2 aliphatic rings. The second kappa shape index (κ2) is 12.2. The van der Waals surface area contributed by atoms with Crippen LogP contribution in [-0.2, 0) is 14.3 Å². The van der Waals surface area contributed by atoms with Gasteiger partial charge >= 0.3 is 6.03 Å². The smallest absolute Gasteiger partial charge is 0.323 e. The lowest BCUT2D eigenvalue weighted by Crippen LogP contribution is -2.41. The Labute approximate surface area is 233 Å². The molecule has 0 unspecified atom stereocenters. The van der Waals surface area contributed by atoms with Gasteiger partial charge in [0.05, 0.1) is 30.3 Å². The number of hydrogen-bond donors (Lipinski definition) is 2. The summed E-state index contributed by atoms with van der Waals surface area (Å²) >= 11 is 7.88. The average Bonchev–Trinajstić information content (AvgIpc) is 2.94. The van der Waals surface area contributed by atoms with Gasteiger partial charge in [0.2, 0.25) is 0 Å². The van der Waals surface area contributed by atoms with Crippen LogP contribution in [0.1, 0.15) is 0 Å². The standard InChI is InChI=1S/C26H26ClFN6O4S/c1-39-22-23(27)31-24(32-25(22)33-8-11-37-12-9-33)19-7-4-17(14-20(19)28)30-26(36)29-16-2-5-18(6-3-16)34-10-13-38-15-21(34)35/h2-7,14H,8-13,15H2,1H3,(H2,29,30,36). The molecule has 1 aromatic heterocycles. The maximum Gasteiger partial charge on any atom is 0.323 e. The van der Waals surface area contributed by atoms with E-state index in [9.17, 15) is 9.59 Å². The van der Waals surface area contributed by atoms with Crippen LogP contribution in [0.2, 0.25) is 5.15 Å². The van der Waals surface area contributed by atoms with Gasteiger partial charge in [-0.2, -0.15) is 0 Å². The predicted octanol–water partition coefficient (Wildman–Crippen LogP) is 4.50. The highest BCUT2D eigenvalue weighted by molar-refractivity contribution is 7.98. The Morgan fingerprint density at radius 3 is 2.38 bits per heavy atom. The molecule has 10 nitrogen and oxygen atoms in total. The molecular weight excluding hydrogens is 547 g/mol. The van der Waals surface area contributed by atoms with E-state index in [0.717, 1.165) is 10.6 Å². The number of morpholine rings is 2. The van der Waals surface area contributed by atoms with Crippen molar-refractivity contribution >= 4 is 58.2 Å². The number of anilines is 4. The number of carbonyl (C=O) groups excluding carboxylic acids is 2. The van der Waals surface area contributed by atoms with Gasteiger partial charge in [-0.25, -0.2) is 19.2 Å². The summed E-state index contributed by atoms with van der Waals surface area (Å²) < 4.78 is 25.8. The van der Waals surface area contributed by atoms with Crippen LogP contribution in [0.4, 0.5) is 32.1 Å². The number of thioether (sulfide) groups is 1. The lowest BCUT2D eigenvalue weighted by molar-refractivity contribution is -0.125. The lowest BCUT2D eigenvalue weighted by Gasteiger charge is -2.29. The molecule has 3 aromatic rings. The molecule has 2 N–H and O–H groups in total. The van der Waals surface area contributed by atoms with Gasteiger partial charge in [0.1, 0.15) is 23.4 Å². The number of carbonyl (C=O) groups is 2. The first-order valence-electron chi connectivity index (χ1n) is 12.2. The van der Waals surface area contributed by atoms with Crippen LogP contribution in [0, 0.1) is 5.82 Å². The van der Waals surface area contributed by atoms with Crippen LogP contribution in [-0.4, -0.2) is 74.2 Å². The number of nitrogens with one attached hydrogen (secondary N) is 2. The van der Waals surface area contributed by atoms with Crippen LogP contribution in [0.5, 0.6) is 0 Å². The molecule has 0 atom stereocenters. The van der Waals surface area contributed by atoms with E-state index in [1.807, 2.05) is 6.26 Å². The molecule has 13 heteroatoms. The molecule has 204 valence electrons. The van der Waals surface area contributed by atoms with E-state index in [2.05, 4.69) is 25.5 Å². The highest BCUT2D eigenvalue weighted by Gasteiger charge is 2.23. The fourth-order valence-corrected chi connectivity index (χ4v) is 5.25. The highest BCUT2D eigenvalue weighted by atomic mass is 35.5. The Morgan fingerprint density at radius 2 is 1.69 bits per heavy atom. The second-order valence-electron chi connectivity index (χ2n) is 8.71. The molecule has 39 heavy (non-hydrogen) atoms. The van der Waals surface area contributed by atoms with Gasteiger partial charge in [0.25, 0.3) is 5.91 Å². The summed E-state index contributed by atoms with van der Waals surface area (Å²) in [6, 6.07) is 10.6. The zero-order chi connectivity index (χ0) is 27.4. The molecular formula is C26H26ClFN6O4S. The summed E-state index contributed by atoms with van der Waals surface area (Å²) in [7, 11) is 0. The van der Waals surface area contributed by atoms with Crippen LogP contribution >= 0.6 is 23.4 Å². The van der Waals surface area contributed by atoms with Crippen molar-refractivity contribution in [2.45, 2.75) is 4.90 Å². The Kier molecular flexibility index (Phi) is 8.46. The molecule has 2 saturated heterocycles. The highest BCUT2D eigenvalue weighted by Crippen LogP contribution is 2.36. The Balaban J connectivity index is 1.27. The predicted molar refractivity (Wildman–Crippen MR) is 150 cm³/mol. The van der Waals surface area contributed by atoms with Crippen molar-refractivity contribution in [1.82, 2.24) is 9.97 Å². The minimum atomic E-state index is -0.603. The summed E-state index contributed by atoms with van der Waals surface area (Å²) in [5.41, 5.74) is 1.65. The summed E-state index contributed by atoms with van der Waals surface area (Å²) in [5, 5.41) is 5.57. The average molecular weight is 573 g/mol. The van der Waals surface area contributed by atoms with Gasteiger partial charge in [0, 0.05) is 36.7 Å². The summed E-state index contributed by atoms with van der Waals surface area (Å²) in [4.78, 5) is 37.9. The maximum atomic E-state index is 15.2. The fraction of sp³-hybridized carbons (Fsp3) is 0.308. The molecule has 0 aliphatic carbocycles. The van der Waals surface area contributed by atoms with Gasteiger partial charge < -0.3 is 29.9 Å². The van der Waals surface area contributed by atoms with E-state index in [0.29, 0.717) is 51.0 Å². The van der Waals surface area contributed by atoms with E-state index < -0.39 is 11.8 Å². The first-order chi connectivity index (χ1) is 18.9. The Bertz CT molecular complexity index is 1370. The summed E-state index contributed by atoms with van der Waals surface area (Å²) in [6.45, 7) is 3.43. The minimum absolute atomic E-state index is 0.0507. The van der Waals surface area contributed by atoms with Crippen molar-refractivity contribution in [2.75, 3.05) is 72.8 Å². The van der Waals surface area contributed by atoms with Crippen LogP contribution < -0.4 is 20.4 Å². The fourth-order valence-electron chi connectivity index (χ4n) is 4.28. The number of aromatic nitrogens is 2. The Morgan fingerprint density at radius 1 is 1.00 bits per heavy atom. The zero-order valence-electron chi connectivity index (χ0n) is 21.1. The monoisotopic (exact) mass is 572 g/mol. The van der Waals surface area contributed by atoms with Crippen LogP contribution in [0.3, 0.4) is 0 Å². The quantitative estimate of drug-likeness (QED) is 0.328.